The topological polar surface area (TPSA) is 53.1 Å². The molecule has 1 aromatic carbocycles. The van der Waals surface area contributed by atoms with Crippen molar-refractivity contribution >= 4 is 17.4 Å². The van der Waals surface area contributed by atoms with Crippen LogP contribution in [0.2, 0.25) is 0 Å². The highest BCUT2D eigenvalue weighted by Gasteiger charge is 2.03. The summed E-state index contributed by atoms with van der Waals surface area (Å²) in [5, 5.41) is 0. The number of hydrogen-bond donors (Lipinski definition) is 1. The number of nitrogen functional groups attached to an aromatic ring is 1. The number of aryl methyl sites for hydroxylation is 1. The number of ether oxygens (including phenoxy) is 1. The fraction of sp³-hybridized carbons (Fsp3) is 0.357. The molecule has 0 fully saturated rings. The third kappa shape index (κ3) is 4.21. The first kappa shape index (κ1) is 13.8. The number of anilines is 1. The van der Waals surface area contributed by atoms with Crippen LogP contribution < -0.4 is 10.5 Å². The van der Waals surface area contributed by atoms with Crippen LogP contribution in [-0.4, -0.2) is 21.9 Å². The lowest BCUT2D eigenvalue weighted by molar-refractivity contribution is 0.339. The van der Waals surface area contributed by atoms with E-state index in [0.717, 1.165) is 35.1 Å². The Morgan fingerprint density at radius 2 is 2.32 bits per heavy atom. The molecule has 0 aliphatic heterocycles. The van der Waals surface area contributed by atoms with Crippen molar-refractivity contribution in [2.24, 2.45) is 0 Å². The molecule has 0 saturated carbocycles. The quantitative estimate of drug-likeness (QED) is 0.480. The fourth-order valence-electron chi connectivity index (χ4n) is 1.74. The van der Waals surface area contributed by atoms with E-state index in [1.54, 1.807) is 18.0 Å². The van der Waals surface area contributed by atoms with E-state index in [-0.39, 0.29) is 0 Å². The van der Waals surface area contributed by atoms with E-state index in [1.165, 1.54) is 0 Å². The van der Waals surface area contributed by atoms with Crippen LogP contribution in [0, 0.1) is 0 Å². The summed E-state index contributed by atoms with van der Waals surface area (Å²) in [7, 11) is 0. The van der Waals surface area contributed by atoms with E-state index in [4.69, 9.17) is 10.5 Å². The Labute approximate surface area is 118 Å². The summed E-state index contributed by atoms with van der Waals surface area (Å²) < 4.78 is 7.57. The molecule has 0 radical (unpaired) electrons. The van der Waals surface area contributed by atoms with E-state index in [2.05, 4.69) is 9.55 Å². The Balaban J connectivity index is 1.83. The molecular formula is C14H19N3OS. The largest absolute Gasteiger partial charge is 0.494 e. The third-order valence-electron chi connectivity index (χ3n) is 2.67. The second-order valence-corrected chi connectivity index (χ2v) is 5.27. The lowest BCUT2D eigenvalue weighted by atomic mass is 10.3. The van der Waals surface area contributed by atoms with Crippen molar-refractivity contribution in [2.75, 3.05) is 18.1 Å². The van der Waals surface area contributed by atoms with Crippen LogP contribution in [0.15, 0.2) is 41.8 Å². The number of rotatable bonds is 7. The van der Waals surface area contributed by atoms with Gasteiger partial charge in [0, 0.05) is 29.5 Å². The molecule has 0 amide bonds. The number of nitrogens with two attached hydrogens (primary N) is 1. The highest BCUT2D eigenvalue weighted by molar-refractivity contribution is 7.99. The molecule has 2 aromatic rings. The predicted molar refractivity (Wildman–Crippen MR) is 79.6 cm³/mol. The second kappa shape index (κ2) is 7.09. The number of aromatic nitrogens is 2. The number of thioether (sulfide) groups is 1. The lowest BCUT2D eigenvalue weighted by Crippen LogP contribution is -1.97. The molecule has 1 heterocycles. The number of nitrogens with zero attached hydrogens (tertiary/aromatic N) is 2. The predicted octanol–water partition coefficient (Wildman–Crippen LogP) is 3.05. The van der Waals surface area contributed by atoms with E-state index in [1.807, 2.05) is 37.6 Å². The molecular weight excluding hydrogens is 258 g/mol. The summed E-state index contributed by atoms with van der Waals surface area (Å²) in [6.45, 7) is 3.64. The van der Waals surface area contributed by atoms with Crippen LogP contribution in [0.25, 0.3) is 0 Å². The SMILES string of the molecule is CCOc1ccc(N)c(SCCCn2ccnc2)c1. The van der Waals surface area contributed by atoms with Gasteiger partial charge in [-0.1, -0.05) is 0 Å². The van der Waals surface area contributed by atoms with Crippen LogP contribution >= 0.6 is 11.8 Å². The second-order valence-electron chi connectivity index (χ2n) is 4.14. The van der Waals surface area contributed by atoms with E-state index in [0.29, 0.717) is 6.61 Å². The molecule has 19 heavy (non-hydrogen) atoms. The maximum Gasteiger partial charge on any atom is 0.120 e. The molecule has 5 heteroatoms. The van der Waals surface area contributed by atoms with Gasteiger partial charge in [0.15, 0.2) is 0 Å². The minimum atomic E-state index is 0.675. The molecule has 0 spiro atoms. The van der Waals surface area contributed by atoms with Crippen LogP contribution in [-0.2, 0) is 6.54 Å². The lowest BCUT2D eigenvalue weighted by Gasteiger charge is -2.09. The summed E-state index contributed by atoms with van der Waals surface area (Å²) in [5.74, 6) is 1.91. The van der Waals surface area contributed by atoms with Gasteiger partial charge in [-0.05, 0) is 37.3 Å². The molecule has 102 valence electrons. The van der Waals surface area contributed by atoms with E-state index < -0.39 is 0 Å². The van der Waals surface area contributed by atoms with Crippen molar-refractivity contribution in [3.63, 3.8) is 0 Å². The molecule has 0 unspecified atom stereocenters. The Bertz CT molecular complexity index is 499. The number of imidazole rings is 1. The number of hydrogen-bond acceptors (Lipinski definition) is 4. The normalized spacial score (nSPS) is 10.6. The van der Waals surface area contributed by atoms with Crippen molar-refractivity contribution in [3.8, 4) is 5.75 Å². The Morgan fingerprint density at radius 1 is 1.42 bits per heavy atom. The van der Waals surface area contributed by atoms with Crippen molar-refractivity contribution in [3.05, 3.63) is 36.9 Å². The minimum Gasteiger partial charge on any atom is -0.494 e. The van der Waals surface area contributed by atoms with Crippen molar-refractivity contribution in [1.82, 2.24) is 9.55 Å². The van der Waals surface area contributed by atoms with Crippen LogP contribution in [0.5, 0.6) is 5.75 Å². The zero-order valence-corrected chi connectivity index (χ0v) is 11.9. The van der Waals surface area contributed by atoms with E-state index in [9.17, 15) is 0 Å². The third-order valence-corrected chi connectivity index (χ3v) is 3.83. The van der Waals surface area contributed by atoms with Gasteiger partial charge in [-0.3, -0.25) is 0 Å². The Hall–Kier alpha value is -1.62. The highest BCUT2D eigenvalue weighted by Crippen LogP contribution is 2.29. The molecule has 4 nitrogen and oxygen atoms in total. The van der Waals surface area contributed by atoms with Gasteiger partial charge in [0.25, 0.3) is 0 Å². The average Bonchev–Trinajstić information content (AvgIpc) is 2.91. The Kier molecular flexibility index (Phi) is 5.15. The van der Waals surface area contributed by atoms with Gasteiger partial charge in [0.1, 0.15) is 5.75 Å². The van der Waals surface area contributed by atoms with E-state index >= 15 is 0 Å². The van der Waals surface area contributed by atoms with Crippen molar-refractivity contribution in [1.29, 1.82) is 0 Å². The van der Waals surface area contributed by atoms with Crippen molar-refractivity contribution in [2.45, 2.75) is 24.8 Å². The monoisotopic (exact) mass is 277 g/mol. The van der Waals surface area contributed by atoms with Gasteiger partial charge >= 0.3 is 0 Å². The zero-order chi connectivity index (χ0) is 13.5. The first-order valence-corrected chi connectivity index (χ1v) is 7.39. The molecule has 2 N–H and O–H groups in total. The molecule has 0 saturated heterocycles. The van der Waals surface area contributed by atoms with Gasteiger partial charge < -0.3 is 15.0 Å². The van der Waals surface area contributed by atoms with Crippen molar-refractivity contribution < 1.29 is 4.74 Å². The first-order valence-electron chi connectivity index (χ1n) is 6.40. The molecule has 0 aliphatic carbocycles. The van der Waals surface area contributed by atoms with Gasteiger partial charge in [-0.2, -0.15) is 0 Å². The van der Waals surface area contributed by atoms with Gasteiger partial charge in [0.2, 0.25) is 0 Å². The Morgan fingerprint density at radius 3 is 3.05 bits per heavy atom. The number of benzene rings is 1. The minimum absolute atomic E-state index is 0.675. The molecule has 0 aliphatic rings. The standard InChI is InChI=1S/C14H19N3OS/c1-2-18-12-4-5-13(15)14(10-12)19-9-3-7-17-8-6-16-11-17/h4-6,8,10-11H,2-3,7,9,15H2,1H3. The van der Waals surface area contributed by atoms with Gasteiger partial charge in [-0.15, -0.1) is 11.8 Å². The molecule has 0 bridgehead atoms. The molecule has 1 aromatic heterocycles. The highest BCUT2D eigenvalue weighted by atomic mass is 32.2. The summed E-state index contributed by atoms with van der Waals surface area (Å²) in [6.07, 6.45) is 6.71. The smallest absolute Gasteiger partial charge is 0.120 e. The fourth-order valence-corrected chi connectivity index (χ4v) is 2.67. The maximum absolute atomic E-state index is 5.97. The van der Waals surface area contributed by atoms with Gasteiger partial charge in [-0.25, -0.2) is 4.98 Å². The summed E-state index contributed by atoms with van der Waals surface area (Å²) in [6, 6.07) is 5.83. The first-order chi connectivity index (χ1) is 9.29. The maximum atomic E-state index is 5.97. The molecule has 2 rings (SSSR count). The van der Waals surface area contributed by atoms with Crippen LogP contribution in [0.1, 0.15) is 13.3 Å². The summed E-state index contributed by atoms with van der Waals surface area (Å²) in [4.78, 5) is 5.12. The summed E-state index contributed by atoms with van der Waals surface area (Å²) in [5.41, 5.74) is 6.79. The van der Waals surface area contributed by atoms with Gasteiger partial charge in [0.05, 0.1) is 12.9 Å². The van der Waals surface area contributed by atoms with Crippen LogP contribution in [0.4, 0.5) is 5.69 Å². The average molecular weight is 277 g/mol. The zero-order valence-electron chi connectivity index (χ0n) is 11.1. The van der Waals surface area contributed by atoms with Crippen LogP contribution in [0.3, 0.4) is 0 Å². The summed E-state index contributed by atoms with van der Waals surface area (Å²) >= 11 is 1.77. The molecule has 0 atom stereocenters.